The number of non-ortho nitro benzene ring substituents is 1. The van der Waals surface area contributed by atoms with E-state index in [-0.39, 0.29) is 31.7 Å². The Morgan fingerprint density at radius 3 is 2.31 bits per heavy atom. The molecule has 0 atom stereocenters. The Bertz CT molecular complexity index is 915. The van der Waals surface area contributed by atoms with E-state index < -0.39 is 33.1 Å². The Kier molecular flexibility index (Phi) is 7.35. The molecule has 0 aliphatic heterocycles. The third kappa shape index (κ3) is 5.83. The van der Waals surface area contributed by atoms with Crippen molar-refractivity contribution in [3.8, 4) is 0 Å². The van der Waals surface area contributed by atoms with Crippen LogP contribution in [0.15, 0.2) is 48.5 Å². The van der Waals surface area contributed by atoms with E-state index in [1.54, 1.807) is 37.3 Å². The number of esters is 1. The van der Waals surface area contributed by atoms with E-state index in [1.165, 1.54) is 4.90 Å². The van der Waals surface area contributed by atoms with Crippen molar-refractivity contribution in [1.29, 1.82) is 0 Å². The maximum atomic E-state index is 13.0. The van der Waals surface area contributed by atoms with Gasteiger partial charge in [-0.1, -0.05) is 30.3 Å². The van der Waals surface area contributed by atoms with Crippen LogP contribution in [0.1, 0.15) is 29.3 Å². The van der Waals surface area contributed by atoms with Gasteiger partial charge >= 0.3 is 5.97 Å². The van der Waals surface area contributed by atoms with E-state index in [0.717, 1.165) is 23.8 Å². The number of benzene rings is 2. The Hall–Kier alpha value is -3.82. The highest BCUT2D eigenvalue weighted by atomic mass is 16.6. The molecule has 0 radical (unpaired) electrons. The van der Waals surface area contributed by atoms with Crippen LogP contribution in [0, 0.1) is 20.2 Å². The smallest absolute Gasteiger partial charge is 0.307 e. The highest BCUT2D eigenvalue weighted by Gasteiger charge is 2.28. The van der Waals surface area contributed by atoms with Crippen LogP contribution >= 0.6 is 0 Å². The van der Waals surface area contributed by atoms with E-state index in [4.69, 9.17) is 4.74 Å². The largest absolute Gasteiger partial charge is 0.466 e. The van der Waals surface area contributed by atoms with Gasteiger partial charge in [-0.3, -0.25) is 29.8 Å². The monoisotopic (exact) mass is 401 g/mol. The van der Waals surface area contributed by atoms with Crippen LogP contribution in [0.5, 0.6) is 0 Å². The summed E-state index contributed by atoms with van der Waals surface area (Å²) < 4.78 is 4.87. The second-order valence-corrected chi connectivity index (χ2v) is 5.98. The molecule has 0 aliphatic rings. The summed E-state index contributed by atoms with van der Waals surface area (Å²) in [5.74, 6) is -1.21. The van der Waals surface area contributed by atoms with Crippen LogP contribution in [0.4, 0.5) is 11.4 Å². The maximum absolute atomic E-state index is 13.0. The number of nitro groups is 2. The van der Waals surface area contributed by atoms with Crippen molar-refractivity contribution in [3.05, 3.63) is 79.9 Å². The average molecular weight is 401 g/mol. The summed E-state index contributed by atoms with van der Waals surface area (Å²) in [6, 6.07) is 11.7. The van der Waals surface area contributed by atoms with Crippen molar-refractivity contribution >= 4 is 23.3 Å². The van der Waals surface area contributed by atoms with Crippen LogP contribution in [0.3, 0.4) is 0 Å². The molecule has 2 aromatic rings. The Morgan fingerprint density at radius 1 is 1.03 bits per heavy atom. The fourth-order valence-corrected chi connectivity index (χ4v) is 2.65. The van der Waals surface area contributed by atoms with Gasteiger partial charge < -0.3 is 9.64 Å². The molecule has 0 N–H and O–H groups in total. The summed E-state index contributed by atoms with van der Waals surface area (Å²) in [7, 11) is 0. The molecule has 2 aromatic carbocycles. The lowest BCUT2D eigenvalue weighted by Gasteiger charge is -2.22. The number of carbonyl (C=O) groups excluding carboxylic acids is 2. The number of rotatable bonds is 9. The highest BCUT2D eigenvalue weighted by Crippen LogP contribution is 2.26. The molecular weight excluding hydrogens is 382 g/mol. The second-order valence-electron chi connectivity index (χ2n) is 5.98. The number of amides is 1. The fraction of sp³-hybridized carbons (Fsp3) is 0.263. The van der Waals surface area contributed by atoms with Crippen molar-refractivity contribution in [2.75, 3.05) is 13.2 Å². The first-order valence-electron chi connectivity index (χ1n) is 8.75. The average Bonchev–Trinajstić information content (AvgIpc) is 2.71. The lowest BCUT2D eigenvalue weighted by atomic mass is 10.1. The molecule has 0 unspecified atom stereocenters. The topological polar surface area (TPSA) is 133 Å². The molecule has 0 heterocycles. The molecule has 10 nitrogen and oxygen atoms in total. The maximum Gasteiger partial charge on any atom is 0.307 e. The minimum Gasteiger partial charge on any atom is -0.466 e. The molecule has 0 aliphatic carbocycles. The van der Waals surface area contributed by atoms with Gasteiger partial charge in [0, 0.05) is 19.2 Å². The van der Waals surface area contributed by atoms with Gasteiger partial charge in [0.25, 0.3) is 17.3 Å². The summed E-state index contributed by atoms with van der Waals surface area (Å²) in [6.07, 6.45) is -0.0901. The fourth-order valence-electron chi connectivity index (χ4n) is 2.65. The number of nitrogens with zero attached hydrogens (tertiary/aromatic N) is 3. The molecule has 2 rings (SSSR count). The first-order valence-corrected chi connectivity index (χ1v) is 8.75. The summed E-state index contributed by atoms with van der Waals surface area (Å²) in [6.45, 7) is 1.93. The normalized spacial score (nSPS) is 10.2. The van der Waals surface area contributed by atoms with Crippen LogP contribution in [-0.2, 0) is 16.1 Å². The SMILES string of the molecule is CCOC(=O)CCN(Cc1ccccc1)C(=O)c1ccc([N+](=O)[O-])cc1[N+](=O)[O-]. The van der Waals surface area contributed by atoms with E-state index in [0.29, 0.717) is 0 Å². The summed E-state index contributed by atoms with van der Waals surface area (Å²) >= 11 is 0. The van der Waals surface area contributed by atoms with E-state index >= 15 is 0 Å². The third-order valence-electron chi connectivity index (χ3n) is 4.01. The quantitative estimate of drug-likeness (QED) is 0.358. The van der Waals surface area contributed by atoms with Gasteiger partial charge in [-0.05, 0) is 18.6 Å². The number of hydrogen-bond donors (Lipinski definition) is 0. The molecule has 0 fully saturated rings. The van der Waals surface area contributed by atoms with Gasteiger partial charge in [-0.2, -0.15) is 0 Å². The third-order valence-corrected chi connectivity index (χ3v) is 4.01. The predicted octanol–water partition coefficient (Wildman–Crippen LogP) is 3.10. The molecule has 0 bridgehead atoms. The van der Waals surface area contributed by atoms with E-state index in [2.05, 4.69) is 0 Å². The van der Waals surface area contributed by atoms with Crippen molar-refractivity contribution in [3.63, 3.8) is 0 Å². The summed E-state index contributed by atoms with van der Waals surface area (Å²) in [4.78, 5) is 46.7. The number of nitro benzene ring substituents is 2. The molecule has 152 valence electrons. The zero-order valence-corrected chi connectivity index (χ0v) is 15.6. The van der Waals surface area contributed by atoms with Crippen molar-refractivity contribution in [1.82, 2.24) is 4.90 Å². The summed E-state index contributed by atoms with van der Waals surface area (Å²) in [5.41, 5.74) is -0.692. The minimum absolute atomic E-state index is 0.0271. The standard InChI is InChI=1S/C19H19N3O7/c1-2-29-18(23)10-11-20(13-14-6-4-3-5-7-14)19(24)16-9-8-15(21(25)26)12-17(16)22(27)28/h3-9,12H,2,10-11,13H2,1H3. The predicted molar refractivity (Wildman–Crippen MR) is 102 cm³/mol. The molecule has 0 saturated heterocycles. The van der Waals surface area contributed by atoms with Crippen molar-refractivity contribution in [2.24, 2.45) is 0 Å². The lowest BCUT2D eigenvalue weighted by molar-refractivity contribution is -0.394. The number of carbonyl (C=O) groups is 2. The van der Waals surface area contributed by atoms with Crippen LogP contribution < -0.4 is 0 Å². The zero-order valence-electron chi connectivity index (χ0n) is 15.6. The first kappa shape index (κ1) is 21.5. The van der Waals surface area contributed by atoms with Crippen LogP contribution in [0.25, 0.3) is 0 Å². The second kappa shape index (κ2) is 9.93. The number of hydrogen-bond acceptors (Lipinski definition) is 7. The minimum atomic E-state index is -0.841. The molecule has 0 aromatic heterocycles. The van der Waals surface area contributed by atoms with Crippen LogP contribution in [0.2, 0.25) is 0 Å². The lowest BCUT2D eigenvalue weighted by Crippen LogP contribution is -2.33. The molecule has 10 heteroatoms. The molecule has 0 saturated carbocycles. The van der Waals surface area contributed by atoms with Crippen molar-refractivity contribution in [2.45, 2.75) is 19.9 Å². The van der Waals surface area contributed by atoms with Gasteiger partial charge in [0.05, 0.1) is 28.9 Å². The molecule has 29 heavy (non-hydrogen) atoms. The first-order chi connectivity index (χ1) is 13.8. The van der Waals surface area contributed by atoms with Gasteiger partial charge in [-0.25, -0.2) is 0 Å². The Morgan fingerprint density at radius 2 is 1.72 bits per heavy atom. The molecule has 0 spiro atoms. The van der Waals surface area contributed by atoms with Crippen molar-refractivity contribution < 1.29 is 24.2 Å². The highest BCUT2D eigenvalue weighted by molar-refractivity contribution is 5.98. The van der Waals surface area contributed by atoms with Gasteiger partial charge in [0.15, 0.2) is 0 Å². The number of ether oxygens (including phenoxy) is 1. The van der Waals surface area contributed by atoms with E-state index in [9.17, 15) is 29.8 Å². The molecule has 1 amide bonds. The van der Waals surface area contributed by atoms with E-state index in [1.807, 2.05) is 0 Å². The van der Waals surface area contributed by atoms with Gasteiger partial charge in [0.2, 0.25) is 0 Å². The summed E-state index contributed by atoms with van der Waals surface area (Å²) in [5, 5.41) is 22.3. The Balaban J connectivity index is 2.35. The van der Waals surface area contributed by atoms with Crippen LogP contribution in [-0.4, -0.2) is 39.8 Å². The van der Waals surface area contributed by atoms with Gasteiger partial charge in [0.1, 0.15) is 5.56 Å². The molecular formula is C19H19N3O7. The zero-order chi connectivity index (χ0) is 21.4. The van der Waals surface area contributed by atoms with Gasteiger partial charge in [-0.15, -0.1) is 0 Å². The Labute approximate surface area is 166 Å².